The second-order valence-electron chi connectivity index (χ2n) is 3.23. The van der Waals surface area contributed by atoms with Gasteiger partial charge in [0.05, 0.1) is 12.1 Å². The molecule has 0 aromatic carbocycles. The maximum absolute atomic E-state index is 8.70. The highest BCUT2D eigenvalue weighted by Crippen LogP contribution is 1.93. The van der Waals surface area contributed by atoms with Crippen LogP contribution in [-0.2, 0) is 0 Å². The van der Waals surface area contributed by atoms with Gasteiger partial charge in [0.15, 0.2) is 0 Å². The molecule has 0 saturated heterocycles. The van der Waals surface area contributed by atoms with Crippen LogP contribution in [-0.4, -0.2) is 38.1 Å². The van der Waals surface area contributed by atoms with E-state index in [1.807, 2.05) is 14.1 Å². The molecule has 0 aromatic rings. The van der Waals surface area contributed by atoms with E-state index in [-0.39, 0.29) is 6.04 Å². The number of nitriles is 1. The third-order valence-electron chi connectivity index (χ3n) is 1.68. The molecule has 1 N–H and O–H groups in total. The van der Waals surface area contributed by atoms with Crippen molar-refractivity contribution in [1.82, 2.24) is 10.2 Å². The van der Waals surface area contributed by atoms with Crippen LogP contribution in [0.1, 0.15) is 19.8 Å². The molecular weight excluding hydrogens is 150 g/mol. The predicted molar refractivity (Wildman–Crippen MR) is 50.9 cm³/mol. The molecular formula is C9H19N3. The summed E-state index contributed by atoms with van der Waals surface area (Å²) in [4.78, 5) is 2.10. The minimum atomic E-state index is 0.0370. The van der Waals surface area contributed by atoms with Crippen molar-refractivity contribution in [3.05, 3.63) is 0 Å². The largest absolute Gasteiger partial charge is 0.308 e. The maximum atomic E-state index is 8.70. The van der Waals surface area contributed by atoms with Gasteiger partial charge in [-0.25, -0.2) is 0 Å². The van der Waals surface area contributed by atoms with Crippen LogP contribution >= 0.6 is 0 Å². The van der Waals surface area contributed by atoms with Crippen molar-refractivity contribution in [1.29, 1.82) is 5.26 Å². The topological polar surface area (TPSA) is 39.1 Å². The lowest BCUT2D eigenvalue weighted by atomic mass is 10.2. The van der Waals surface area contributed by atoms with Crippen LogP contribution in [0.5, 0.6) is 0 Å². The maximum Gasteiger partial charge on any atom is 0.0953 e. The SMILES string of the molecule is CCCC(C#N)NCCN(C)C. The lowest BCUT2D eigenvalue weighted by Crippen LogP contribution is -2.33. The Hall–Kier alpha value is -0.590. The molecule has 0 bridgehead atoms. The zero-order chi connectivity index (χ0) is 9.40. The number of rotatable bonds is 6. The summed E-state index contributed by atoms with van der Waals surface area (Å²) >= 11 is 0. The van der Waals surface area contributed by atoms with E-state index >= 15 is 0 Å². The first-order valence-electron chi connectivity index (χ1n) is 4.48. The molecule has 3 nitrogen and oxygen atoms in total. The summed E-state index contributed by atoms with van der Waals surface area (Å²) in [6.07, 6.45) is 2.01. The van der Waals surface area contributed by atoms with Gasteiger partial charge in [0.2, 0.25) is 0 Å². The first-order chi connectivity index (χ1) is 5.70. The van der Waals surface area contributed by atoms with E-state index in [9.17, 15) is 0 Å². The normalized spacial score (nSPS) is 12.9. The fourth-order valence-corrected chi connectivity index (χ4v) is 0.963. The van der Waals surface area contributed by atoms with E-state index in [4.69, 9.17) is 5.26 Å². The van der Waals surface area contributed by atoms with Crippen molar-refractivity contribution in [2.75, 3.05) is 27.2 Å². The Bertz CT molecular complexity index is 137. The standard InChI is InChI=1S/C9H19N3/c1-4-5-9(8-10)11-6-7-12(2)3/h9,11H,4-7H2,1-3H3. The van der Waals surface area contributed by atoms with E-state index < -0.39 is 0 Å². The van der Waals surface area contributed by atoms with Crippen molar-refractivity contribution >= 4 is 0 Å². The van der Waals surface area contributed by atoms with E-state index in [0.717, 1.165) is 25.9 Å². The van der Waals surface area contributed by atoms with Crippen LogP contribution in [0.2, 0.25) is 0 Å². The Morgan fingerprint density at radius 3 is 2.58 bits per heavy atom. The summed E-state index contributed by atoms with van der Waals surface area (Å²) < 4.78 is 0. The van der Waals surface area contributed by atoms with Crippen LogP contribution in [0.25, 0.3) is 0 Å². The molecule has 0 aliphatic rings. The lowest BCUT2D eigenvalue weighted by Gasteiger charge is -2.13. The van der Waals surface area contributed by atoms with Crippen molar-refractivity contribution in [3.63, 3.8) is 0 Å². The molecule has 0 spiro atoms. The summed E-state index contributed by atoms with van der Waals surface area (Å²) in [7, 11) is 4.06. The second-order valence-corrected chi connectivity index (χ2v) is 3.23. The molecule has 12 heavy (non-hydrogen) atoms. The molecule has 0 heterocycles. The second kappa shape index (κ2) is 7.08. The Morgan fingerprint density at radius 2 is 2.17 bits per heavy atom. The molecule has 0 aliphatic carbocycles. The molecule has 1 atom stereocenters. The molecule has 1 unspecified atom stereocenters. The minimum Gasteiger partial charge on any atom is -0.308 e. The van der Waals surface area contributed by atoms with Gasteiger partial charge in [0, 0.05) is 13.1 Å². The zero-order valence-electron chi connectivity index (χ0n) is 8.30. The van der Waals surface area contributed by atoms with Gasteiger partial charge in [-0.2, -0.15) is 5.26 Å². The highest BCUT2D eigenvalue weighted by molar-refractivity contribution is 4.88. The number of nitrogens with one attached hydrogen (secondary N) is 1. The molecule has 0 aliphatic heterocycles. The molecule has 0 amide bonds. The van der Waals surface area contributed by atoms with Gasteiger partial charge in [-0.05, 0) is 20.5 Å². The summed E-state index contributed by atoms with van der Waals surface area (Å²) in [5.41, 5.74) is 0. The fraction of sp³-hybridized carbons (Fsp3) is 0.889. The van der Waals surface area contributed by atoms with Crippen molar-refractivity contribution in [2.24, 2.45) is 0 Å². The molecule has 0 fully saturated rings. The van der Waals surface area contributed by atoms with Gasteiger partial charge in [-0.15, -0.1) is 0 Å². The molecule has 0 saturated carbocycles. The van der Waals surface area contributed by atoms with Gasteiger partial charge < -0.3 is 10.2 Å². The highest BCUT2D eigenvalue weighted by atomic mass is 15.1. The summed E-state index contributed by atoms with van der Waals surface area (Å²) in [5.74, 6) is 0. The average molecular weight is 169 g/mol. The molecule has 0 rings (SSSR count). The van der Waals surface area contributed by atoms with Crippen molar-refractivity contribution in [3.8, 4) is 6.07 Å². The molecule has 3 heteroatoms. The van der Waals surface area contributed by atoms with E-state index in [2.05, 4.69) is 23.2 Å². The van der Waals surface area contributed by atoms with Crippen molar-refractivity contribution in [2.45, 2.75) is 25.8 Å². The lowest BCUT2D eigenvalue weighted by molar-refractivity contribution is 0.390. The Balaban J connectivity index is 3.40. The predicted octanol–water partition coefficient (Wildman–Crippen LogP) is 0.830. The number of hydrogen-bond acceptors (Lipinski definition) is 3. The van der Waals surface area contributed by atoms with Crippen LogP contribution in [0.15, 0.2) is 0 Å². The van der Waals surface area contributed by atoms with E-state index in [0.29, 0.717) is 0 Å². The smallest absolute Gasteiger partial charge is 0.0953 e. The summed E-state index contributed by atoms with van der Waals surface area (Å²) in [5, 5.41) is 11.9. The molecule has 0 aromatic heterocycles. The van der Waals surface area contributed by atoms with Gasteiger partial charge in [0.1, 0.15) is 0 Å². The molecule has 70 valence electrons. The van der Waals surface area contributed by atoms with Crippen LogP contribution in [0.4, 0.5) is 0 Å². The summed E-state index contributed by atoms with van der Waals surface area (Å²) in [6.45, 7) is 3.98. The Morgan fingerprint density at radius 1 is 1.50 bits per heavy atom. The minimum absolute atomic E-state index is 0.0370. The van der Waals surface area contributed by atoms with Gasteiger partial charge in [0.25, 0.3) is 0 Å². The highest BCUT2D eigenvalue weighted by Gasteiger charge is 2.03. The van der Waals surface area contributed by atoms with Crippen LogP contribution in [0, 0.1) is 11.3 Å². The fourth-order valence-electron chi connectivity index (χ4n) is 0.963. The van der Waals surface area contributed by atoms with Gasteiger partial charge >= 0.3 is 0 Å². The summed E-state index contributed by atoms with van der Waals surface area (Å²) in [6, 6.07) is 2.28. The number of likely N-dealkylation sites (N-methyl/N-ethyl adjacent to an activating group) is 1. The van der Waals surface area contributed by atoms with E-state index in [1.165, 1.54) is 0 Å². The quantitative estimate of drug-likeness (QED) is 0.640. The van der Waals surface area contributed by atoms with Gasteiger partial charge in [-0.3, -0.25) is 0 Å². The molecule has 0 radical (unpaired) electrons. The van der Waals surface area contributed by atoms with Crippen LogP contribution < -0.4 is 5.32 Å². The Labute approximate surface area is 75.4 Å². The van der Waals surface area contributed by atoms with Gasteiger partial charge in [-0.1, -0.05) is 13.3 Å². The third-order valence-corrected chi connectivity index (χ3v) is 1.68. The van der Waals surface area contributed by atoms with E-state index in [1.54, 1.807) is 0 Å². The van der Waals surface area contributed by atoms with Crippen LogP contribution in [0.3, 0.4) is 0 Å². The number of hydrogen-bond donors (Lipinski definition) is 1. The van der Waals surface area contributed by atoms with Crippen molar-refractivity contribution < 1.29 is 0 Å². The zero-order valence-corrected chi connectivity index (χ0v) is 8.30. The first kappa shape index (κ1) is 11.4. The Kier molecular flexibility index (Phi) is 6.73. The third kappa shape index (κ3) is 6.14. The first-order valence-corrected chi connectivity index (χ1v) is 4.48. The monoisotopic (exact) mass is 169 g/mol. The average Bonchev–Trinajstić information content (AvgIpc) is 2.02. The number of nitrogens with zero attached hydrogens (tertiary/aromatic N) is 2.